The lowest BCUT2D eigenvalue weighted by atomic mass is 9.94. The first-order valence-corrected chi connectivity index (χ1v) is 8.37. The molecule has 0 aliphatic carbocycles. The number of β-amino-alcohol motifs (C(OH)–C–C–N with tert-alkyl or cyclic N) is 1. The third-order valence-electron chi connectivity index (χ3n) is 4.46. The van der Waals surface area contributed by atoms with Crippen molar-refractivity contribution in [3.8, 4) is 5.75 Å². The Morgan fingerprint density at radius 2 is 2.12 bits per heavy atom. The highest BCUT2D eigenvalue weighted by Crippen LogP contribution is 2.21. The number of aliphatic hydroxyl groups is 2. The predicted octanol–water partition coefficient (Wildman–Crippen LogP) is 1.84. The molecule has 1 aliphatic heterocycles. The summed E-state index contributed by atoms with van der Waals surface area (Å²) in [5.74, 6) is 0.832. The number of ether oxygens (including phenoxy) is 1. The molecule has 2 aromatic rings. The van der Waals surface area contributed by atoms with E-state index in [1.807, 2.05) is 36.4 Å². The standard InChI is InChI=1S/C19H24N2O3/c22-13-16-7-9-21(12-19(16)23)11-15-4-3-6-18(10-15)24-14-17-5-1-2-8-20-17/h1-6,8,10,16,19,22-23H,7,9,11-14H2/t16-,19-/m1/s1. The van der Waals surface area contributed by atoms with Crippen LogP contribution < -0.4 is 4.74 Å². The number of aromatic nitrogens is 1. The zero-order valence-electron chi connectivity index (χ0n) is 13.7. The van der Waals surface area contributed by atoms with Crippen molar-refractivity contribution in [1.82, 2.24) is 9.88 Å². The zero-order chi connectivity index (χ0) is 16.8. The summed E-state index contributed by atoms with van der Waals surface area (Å²) in [6.07, 6.45) is 2.14. The second kappa shape index (κ2) is 8.24. The first-order valence-electron chi connectivity index (χ1n) is 8.37. The summed E-state index contributed by atoms with van der Waals surface area (Å²) in [6.45, 7) is 2.78. The van der Waals surface area contributed by atoms with Crippen LogP contribution in [-0.2, 0) is 13.2 Å². The van der Waals surface area contributed by atoms with Crippen LogP contribution >= 0.6 is 0 Å². The van der Waals surface area contributed by atoms with Crippen LogP contribution in [0, 0.1) is 5.92 Å². The zero-order valence-corrected chi connectivity index (χ0v) is 13.7. The maximum Gasteiger partial charge on any atom is 0.130 e. The molecule has 0 bridgehead atoms. The van der Waals surface area contributed by atoms with Gasteiger partial charge < -0.3 is 14.9 Å². The van der Waals surface area contributed by atoms with Gasteiger partial charge in [-0.1, -0.05) is 18.2 Å². The number of rotatable bonds is 6. The van der Waals surface area contributed by atoms with Gasteiger partial charge in [-0.15, -0.1) is 0 Å². The second-order valence-electron chi connectivity index (χ2n) is 6.29. The summed E-state index contributed by atoms with van der Waals surface area (Å²) in [5, 5.41) is 19.3. The van der Waals surface area contributed by atoms with Crippen molar-refractivity contribution in [1.29, 1.82) is 0 Å². The molecule has 24 heavy (non-hydrogen) atoms. The molecule has 1 saturated heterocycles. The van der Waals surface area contributed by atoms with Crippen molar-refractivity contribution in [2.24, 2.45) is 5.92 Å². The van der Waals surface area contributed by atoms with Crippen LogP contribution in [0.2, 0.25) is 0 Å². The molecule has 2 N–H and O–H groups in total. The van der Waals surface area contributed by atoms with E-state index in [4.69, 9.17) is 4.74 Å². The fraction of sp³-hybridized carbons (Fsp3) is 0.421. The van der Waals surface area contributed by atoms with Gasteiger partial charge in [0, 0.05) is 31.8 Å². The SMILES string of the molecule is OC[C@H]1CCN(Cc2cccc(OCc3ccccn3)c2)C[C@H]1O. The van der Waals surface area contributed by atoms with Gasteiger partial charge in [0.2, 0.25) is 0 Å². The fourth-order valence-corrected chi connectivity index (χ4v) is 3.03. The molecular weight excluding hydrogens is 304 g/mol. The van der Waals surface area contributed by atoms with Crippen LogP contribution in [-0.4, -0.2) is 45.9 Å². The number of nitrogens with zero attached hydrogens (tertiary/aromatic N) is 2. The molecule has 0 saturated carbocycles. The number of piperidine rings is 1. The van der Waals surface area contributed by atoms with Crippen molar-refractivity contribution in [2.75, 3.05) is 19.7 Å². The average molecular weight is 328 g/mol. The van der Waals surface area contributed by atoms with Crippen molar-refractivity contribution in [3.63, 3.8) is 0 Å². The predicted molar refractivity (Wildman–Crippen MR) is 91.5 cm³/mol. The fourth-order valence-electron chi connectivity index (χ4n) is 3.03. The Kier molecular flexibility index (Phi) is 5.80. The largest absolute Gasteiger partial charge is 0.487 e. The van der Waals surface area contributed by atoms with E-state index in [0.717, 1.165) is 36.5 Å². The second-order valence-corrected chi connectivity index (χ2v) is 6.29. The molecule has 3 rings (SSSR count). The monoisotopic (exact) mass is 328 g/mol. The lowest BCUT2D eigenvalue weighted by Gasteiger charge is -2.35. The average Bonchev–Trinajstić information content (AvgIpc) is 2.61. The quantitative estimate of drug-likeness (QED) is 0.847. The first-order chi connectivity index (χ1) is 11.7. The molecule has 0 unspecified atom stereocenters. The van der Waals surface area contributed by atoms with E-state index >= 15 is 0 Å². The van der Waals surface area contributed by atoms with E-state index < -0.39 is 6.10 Å². The van der Waals surface area contributed by atoms with Crippen molar-refractivity contribution in [3.05, 3.63) is 59.9 Å². The molecule has 1 fully saturated rings. The summed E-state index contributed by atoms with van der Waals surface area (Å²) >= 11 is 0. The Balaban J connectivity index is 1.55. The van der Waals surface area contributed by atoms with E-state index in [1.54, 1.807) is 6.20 Å². The van der Waals surface area contributed by atoms with Crippen LogP contribution in [0.3, 0.4) is 0 Å². The van der Waals surface area contributed by atoms with Gasteiger partial charge in [0.1, 0.15) is 12.4 Å². The van der Waals surface area contributed by atoms with Gasteiger partial charge in [0.05, 0.1) is 11.8 Å². The summed E-state index contributed by atoms with van der Waals surface area (Å²) < 4.78 is 5.81. The topological polar surface area (TPSA) is 65.8 Å². The number of benzene rings is 1. The molecular formula is C19H24N2O3. The third kappa shape index (κ3) is 4.54. The normalized spacial score (nSPS) is 21.6. The van der Waals surface area contributed by atoms with Gasteiger partial charge in [-0.05, 0) is 42.8 Å². The highest BCUT2D eigenvalue weighted by molar-refractivity contribution is 5.28. The number of likely N-dealkylation sites (tertiary alicyclic amines) is 1. The van der Waals surface area contributed by atoms with Gasteiger partial charge in [0.15, 0.2) is 0 Å². The Labute approximate surface area is 142 Å². The molecule has 2 atom stereocenters. The molecule has 128 valence electrons. The van der Waals surface area contributed by atoms with Gasteiger partial charge in [-0.25, -0.2) is 0 Å². The summed E-state index contributed by atoms with van der Waals surface area (Å²) in [4.78, 5) is 6.47. The van der Waals surface area contributed by atoms with Gasteiger partial charge in [-0.2, -0.15) is 0 Å². The van der Waals surface area contributed by atoms with Gasteiger partial charge >= 0.3 is 0 Å². The van der Waals surface area contributed by atoms with Crippen LogP contribution in [0.15, 0.2) is 48.7 Å². The number of hydrogen-bond donors (Lipinski definition) is 2. The van der Waals surface area contributed by atoms with Crippen LogP contribution in [0.5, 0.6) is 5.75 Å². The third-order valence-corrected chi connectivity index (χ3v) is 4.46. The van der Waals surface area contributed by atoms with E-state index in [2.05, 4.69) is 16.0 Å². The minimum Gasteiger partial charge on any atom is -0.487 e. The molecule has 1 aromatic heterocycles. The Hall–Kier alpha value is -1.95. The molecule has 1 aromatic carbocycles. The maximum atomic E-state index is 10.0. The summed E-state index contributed by atoms with van der Waals surface area (Å²) in [6, 6.07) is 13.8. The lowest BCUT2D eigenvalue weighted by Crippen LogP contribution is -2.44. The van der Waals surface area contributed by atoms with E-state index in [1.165, 1.54) is 0 Å². The Bertz CT molecular complexity index is 636. The number of hydrogen-bond acceptors (Lipinski definition) is 5. The molecule has 0 spiro atoms. The van der Waals surface area contributed by atoms with Crippen LogP contribution in [0.4, 0.5) is 0 Å². The maximum absolute atomic E-state index is 10.0. The first kappa shape index (κ1) is 16.9. The van der Waals surface area contributed by atoms with Crippen molar-refractivity contribution < 1.29 is 14.9 Å². The minimum atomic E-state index is -0.452. The highest BCUT2D eigenvalue weighted by Gasteiger charge is 2.26. The van der Waals surface area contributed by atoms with E-state index in [9.17, 15) is 10.2 Å². The van der Waals surface area contributed by atoms with Crippen LogP contribution in [0.25, 0.3) is 0 Å². The molecule has 1 aliphatic rings. The highest BCUT2D eigenvalue weighted by atomic mass is 16.5. The Morgan fingerprint density at radius 1 is 1.21 bits per heavy atom. The van der Waals surface area contributed by atoms with Crippen LogP contribution in [0.1, 0.15) is 17.7 Å². The van der Waals surface area contributed by atoms with Gasteiger partial charge in [-0.3, -0.25) is 9.88 Å². The minimum absolute atomic E-state index is 0.00860. The molecule has 5 nitrogen and oxygen atoms in total. The smallest absolute Gasteiger partial charge is 0.130 e. The summed E-state index contributed by atoms with van der Waals surface area (Å²) in [5.41, 5.74) is 2.06. The van der Waals surface area contributed by atoms with Gasteiger partial charge in [0.25, 0.3) is 0 Å². The molecule has 0 radical (unpaired) electrons. The Morgan fingerprint density at radius 3 is 2.88 bits per heavy atom. The number of pyridine rings is 1. The van der Waals surface area contributed by atoms with Crippen molar-refractivity contribution >= 4 is 0 Å². The lowest BCUT2D eigenvalue weighted by molar-refractivity contribution is -0.00445. The van der Waals surface area contributed by atoms with Crippen molar-refractivity contribution in [2.45, 2.75) is 25.7 Å². The molecule has 0 amide bonds. The molecule has 2 heterocycles. The molecule has 5 heteroatoms. The van der Waals surface area contributed by atoms with E-state index in [0.29, 0.717) is 13.2 Å². The van der Waals surface area contributed by atoms with E-state index in [-0.39, 0.29) is 12.5 Å². The summed E-state index contributed by atoms with van der Waals surface area (Å²) in [7, 11) is 0. The number of aliphatic hydroxyl groups excluding tert-OH is 2.